The van der Waals surface area contributed by atoms with Gasteiger partial charge in [-0.1, -0.05) is 34.1 Å². The number of benzene rings is 2. The van der Waals surface area contributed by atoms with Gasteiger partial charge in [0.25, 0.3) is 0 Å². The van der Waals surface area contributed by atoms with E-state index in [0.29, 0.717) is 0 Å². The fourth-order valence-electron chi connectivity index (χ4n) is 2.44. The Bertz CT molecular complexity index is 610. The van der Waals surface area contributed by atoms with Crippen molar-refractivity contribution in [3.05, 3.63) is 63.1 Å². The molecule has 0 spiro atoms. The van der Waals surface area contributed by atoms with Crippen molar-refractivity contribution in [2.24, 2.45) is 0 Å². The summed E-state index contributed by atoms with van der Waals surface area (Å²) in [6.45, 7) is 4.31. The first-order chi connectivity index (χ1) is 9.58. The summed E-state index contributed by atoms with van der Waals surface area (Å²) < 4.78 is 6.43. The van der Waals surface area contributed by atoms with E-state index in [-0.39, 0.29) is 6.04 Å². The minimum Gasteiger partial charge on any atom is -0.497 e. The molecule has 0 aromatic heterocycles. The highest BCUT2D eigenvalue weighted by Crippen LogP contribution is 2.33. The summed E-state index contributed by atoms with van der Waals surface area (Å²) in [6.07, 6.45) is 0. The number of halogens is 1. The molecule has 106 valence electrons. The summed E-state index contributed by atoms with van der Waals surface area (Å²) in [7, 11) is 3.68. The van der Waals surface area contributed by atoms with Crippen LogP contribution in [0.25, 0.3) is 0 Å². The van der Waals surface area contributed by atoms with Crippen molar-refractivity contribution in [3.8, 4) is 5.75 Å². The molecule has 0 amide bonds. The predicted molar refractivity (Wildman–Crippen MR) is 87.5 cm³/mol. The lowest BCUT2D eigenvalue weighted by atomic mass is 9.92. The Hall–Kier alpha value is -1.32. The molecule has 0 aliphatic heterocycles. The van der Waals surface area contributed by atoms with Crippen LogP contribution in [0.4, 0.5) is 0 Å². The van der Waals surface area contributed by atoms with Gasteiger partial charge in [0, 0.05) is 4.47 Å². The number of rotatable bonds is 4. The highest BCUT2D eigenvalue weighted by molar-refractivity contribution is 9.10. The van der Waals surface area contributed by atoms with Gasteiger partial charge in [-0.3, -0.25) is 0 Å². The summed E-state index contributed by atoms with van der Waals surface area (Å²) in [4.78, 5) is 0. The molecule has 0 saturated heterocycles. The molecule has 1 atom stereocenters. The average molecular weight is 334 g/mol. The van der Waals surface area contributed by atoms with Crippen molar-refractivity contribution in [1.82, 2.24) is 5.32 Å². The molecule has 0 heterocycles. The van der Waals surface area contributed by atoms with Crippen LogP contribution < -0.4 is 10.1 Å². The maximum absolute atomic E-state index is 5.35. The number of hydrogen-bond donors (Lipinski definition) is 1. The van der Waals surface area contributed by atoms with E-state index in [4.69, 9.17) is 4.74 Å². The zero-order valence-electron chi connectivity index (χ0n) is 12.3. The Morgan fingerprint density at radius 2 is 1.85 bits per heavy atom. The molecule has 1 N–H and O–H groups in total. The van der Waals surface area contributed by atoms with E-state index in [0.717, 1.165) is 10.2 Å². The van der Waals surface area contributed by atoms with E-state index in [9.17, 15) is 0 Å². The van der Waals surface area contributed by atoms with Gasteiger partial charge in [0.05, 0.1) is 13.2 Å². The second-order valence-electron chi connectivity index (χ2n) is 4.90. The van der Waals surface area contributed by atoms with Crippen molar-refractivity contribution >= 4 is 15.9 Å². The van der Waals surface area contributed by atoms with Gasteiger partial charge >= 0.3 is 0 Å². The standard InChI is InChI=1S/C17H20BrNO/c1-11-6-5-7-14(12(11)2)17(19-3)15-10-13(20-4)8-9-16(15)18/h5-10,17,19H,1-4H3. The van der Waals surface area contributed by atoms with E-state index in [1.54, 1.807) is 7.11 Å². The zero-order chi connectivity index (χ0) is 14.7. The highest BCUT2D eigenvalue weighted by atomic mass is 79.9. The molecular weight excluding hydrogens is 314 g/mol. The lowest BCUT2D eigenvalue weighted by molar-refractivity contribution is 0.413. The van der Waals surface area contributed by atoms with Gasteiger partial charge in [-0.05, 0) is 61.3 Å². The summed E-state index contributed by atoms with van der Waals surface area (Å²) in [5, 5.41) is 3.41. The first kappa shape index (κ1) is 15.1. The zero-order valence-corrected chi connectivity index (χ0v) is 13.9. The third-order valence-corrected chi connectivity index (χ3v) is 4.48. The van der Waals surface area contributed by atoms with Crippen molar-refractivity contribution in [2.75, 3.05) is 14.2 Å². The minimum atomic E-state index is 0.138. The van der Waals surface area contributed by atoms with Crippen LogP contribution in [-0.4, -0.2) is 14.2 Å². The Morgan fingerprint density at radius 1 is 1.10 bits per heavy atom. The monoisotopic (exact) mass is 333 g/mol. The molecule has 0 aliphatic rings. The third kappa shape index (κ3) is 2.89. The first-order valence-corrected chi connectivity index (χ1v) is 7.44. The van der Waals surface area contributed by atoms with Crippen LogP contribution >= 0.6 is 15.9 Å². The Labute approximate surface area is 129 Å². The highest BCUT2D eigenvalue weighted by Gasteiger charge is 2.18. The van der Waals surface area contributed by atoms with Gasteiger partial charge in [0.2, 0.25) is 0 Å². The molecular formula is C17H20BrNO. The molecule has 2 rings (SSSR count). The van der Waals surface area contributed by atoms with Crippen molar-refractivity contribution in [3.63, 3.8) is 0 Å². The third-order valence-electron chi connectivity index (χ3n) is 3.76. The van der Waals surface area contributed by atoms with E-state index in [1.165, 1.54) is 22.3 Å². The van der Waals surface area contributed by atoms with Crippen LogP contribution in [0.15, 0.2) is 40.9 Å². The van der Waals surface area contributed by atoms with Gasteiger partial charge in [-0.25, -0.2) is 0 Å². The smallest absolute Gasteiger partial charge is 0.119 e. The van der Waals surface area contributed by atoms with Crippen molar-refractivity contribution in [1.29, 1.82) is 0 Å². The maximum atomic E-state index is 5.35. The number of methoxy groups -OCH3 is 1. The van der Waals surface area contributed by atoms with Crippen LogP contribution in [0.1, 0.15) is 28.3 Å². The van der Waals surface area contributed by atoms with Crippen LogP contribution in [-0.2, 0) is 0 Å². The second kappa shape index (κ2) is 6.42. The normalized spacial score (nSPS) is 12.2. The topological polar surface area (TPSA) is 21.3 Å². The SMILES string of the molecule is CNC(c1cc(OC)ccc1Br)c1cccc(C)c1C. The van der Waals surface area contributed by atoms with Gasteiger partial charge in [0.15, 0.2) is 0 Å². The van der Waals surface area contributed by atoms with Gasteiger partial charge < -0.3 is 10.1 Å². The second-order valence-corrected chi connectivity index (χ2v) is 5.75. The van der Waals surface area contributed by atoms with Crippen molar-refractivity contribution in [2.45, 2.75) is 19.9 Å². The predicted octanol–water partition coefficient (Wildman–Crippen LogP) is 4.38. The molecule has 2 nitrogen and oxygen atoms in total. The van der Waals surface area contributed by atoms with Gasteiger partial charge in [-0.2, -0.15) is 0 Å². The van der Waals surface area contributed by atoms with Crippen molar-refractivity contribution < 1.29 is 4.74 Å². The lowest BCUT2D eigenvalue weighted by Gasteiger charge is -2.22. The molecule has 0 saturated carbocycles. The molecule has 3 heteroatoms. The quantitative estimate of drug-likeness (QED) is 0.896. The molecule has 2 aromatic carbocycles. The van der Waals surface area contributed by atoms with E-state index in [2.05, 4.69) is 59.4 Å². The summed E-state index contributed by atoms with van der Waals surface area (Å²) in [6, 6.07) is 12.6. The summed E-state index contributed by atoms with van der Waals surface area (Å²) in [5.74, 6) is 0.869. The molecule has 1 unspecified atom stereocenters. The molecule has 2 aromatic rings. The van der Waals surface area contributed by atoms with E-state index < -0.39 is 0 Å². The summed E-state index contributed by atoms with van der Waals surface area (Å²) in [5.41, 5.74) is 5.10. The maximum Gasteiger partial charge on any atom is 0.119 e. The Balaban J connectivity index is 2.55. The number of aryl methyl sites for hydroxylation is 1. The Morgan fingerprint density at radius 3 is 2.50 bits per heavy atom. The van der Waals surface area contributed by atoms with Crippen LogP contribution in [0.2, 0.25) is 0 Å². The fraction of sp³-hybridized carbons (Fsp3) is 0.294. The number of ether oxygens (including phenoxy) is 1. The first-order valence-electron chi connectivity index (χ1n) is 6.65. The fourth-order valence-corrected chi connectivity index (χ4v) is 2.91. The van der Waals surface area contributed by atoms with Gasteiger partial charge in [-0.15, -0.1) is 0 Å². The van der Waals surface area contributed by atoms with Gasteiger partial charge in [0.1, 0.15) is 5.75 Å². The summed E-state index contributed by atoms with van der Waals surface area (Å²) >= 11 is 3.65. The molecule has 0 aliphatic carbocycles. The van der Waals surface area contributed by atoms with E-state index in [1.807, 2.05) is 19.2 Å². The molecule has 0 fully saturated rings. The van der Waals surface area contributed by atoms with Crippen LogP contribution in [0.3, 0.4) is 0 Å². The molecule has 0 bridgehead atoms. The number of hydrogen-bond acceptors (Lipinski definition) is 2. The van der Waals surface area contributed by atoms with Crippen LogP contribution in [0, 0.1) is 13.8 Å². The minimum absolute atomic E-state index is 0.138. The van der Waals surface area contributed by atoms with E-state index >= 15 is 0 Å². The molecule has 20 heavy (non-hydrogen) atoms. The average Bonchev–Trinajstić information content (AvgIpc) is 2.46. The lowest BCUT2D eigenvalue weighted by Crippen LogP contribution is -2.19. The number of nitrogens with one attached hydrogen (secondary N) is 1. The molecule has 0 radical (unpaired) electrons. The van der Waals surface area contributed by atoms with Crippen LogP contribution in [0.5, 0.6) is 5.75 Å². The largest absolute Gasteiger partial charge is 0.497 e. The Kier molecular flexibility index (Phi) is 4.84.